The lowest BCUT2D eigenvalue weighted by Crippen LogP contribution is -2.27. The summed E-state index contributed by atoms with van der Waals surface area (Å²) in [4.78, 5) is 0. The molecule has 4 heteroatoms. The fraction of sp³-hybridized carbons (Fsp3) is 0.417. The van der Waals surface area contributed by atoms with Crippen LogP contribution >= 0.6 is 11.6 Å². The first-order valence-corrected chi connectivity index (χ1v) is 5.57. The van der Waals surface area contributed by atoms with Gasteiger partial charge in [0.1, 0.15) is 24.0 Å². The van der Waals surface area contributed by atoms with E-state index in [1.165, 1.54) is 0 Å². The van der Waals surface area contributed by atoms with Gasteiger partial charge in [-0.05, 0) is 12.1 Å². The van der Waals surface area contributed by atoms with Crippen LogP contribution in [0.1, 0.15) is 19.4 Å². The highest BCUT2D eigenvalue weighted by atomic mass is 35.5. The summed E-state index contributed by atoms with van der Waals surface area (Å²) in [6.07, 6.45) is 0. The molecule has 0 atom stereocenters. The van der Waals surface area contributed by atoms with Gasteiger partial charge < -0.3 is 10.1 Å². The van der Waals surface area contributed by atoms with E-state index < -0.39 is 0 Å². The first-order valence-electron chi connectivity index (χ1n) is 5.20. The molecule has 0 radical (unpaired) electrons. The Morgan fingerprint density at radius 1 is 1.50 bits per heavy atom. The molecule has 0 amide bonds. The van der Waals surface area contributed by atoms with E-state index in [9.17, 15) is 0 Å². The van der Waals surface area contributed by atoms with Crippen LogP contribution in [0.15, 0.2) is 18.2 Å². The van der Waals surface area contributed by atoms with E-state index in [2.05, 4.69) is 19.2 Å². The molecule has 0 aliphatic rings. The molecular weight excluding hydrogens is 224 g/mol. The number of hydrogen-bond donors (Lipinski definition) is 1. The molecule has 86 valence electrons. The summed E-state index contributed by atoms with van der Waals surface area (Å²) in [6, 6.07) is 7.67. The smallest absolute Gasteiger partial charge is 0.138 e. The van der Waals surface area contributed by atoms with E-state index in [4.69, 9.17) is 21.6 Å². The van der Waals surface area contributed by atoms with E-state index in [-0.39, 0.29) is 0 Å². The molecule has 1 N–H and O–H groups in total. The maximum atomic E-state index is 8.91. The highest BCUT2D eigenvalue weighted by Gasteiger charge is 2.06. The highest BCUT2D eigenvalue weighted by Crippen LogP contribution is 2.24. The van der Waals surface area contributed by atoms with E-state index in [1.807, 2.05) is 6.07 Å². The summed E-state index contributed by atoms with van der Waals surface area (Å²) in [5, 5.41) is 12.6. The minimum Gasteiger partial charge on any atom is -0.491 e. The van der Waals surface area contributed by atoms with Crippen LogP contribution in [0.2, 0.25) is 5.02 Å². The largest absolute Gasteiger partial charge is 0.491 e. The predicted molar refractivity (Wildman–Crippen MR) is 64.8 cm³/mol. The molecule has 0 fully saturated rings. The summed E-state index contributed by atoms with van der Waals surface area (Å²) in [5.41, 5.74) is 0.397. The molecule has 1 aromatic carbocycles. The van der Waals surface area contributed by atoms with E-state index >= 15 is 0 Å². The van der Waals surface area contributed by atoms with Crippen LogP contribution in [0, 0.1) is 11.3 Å². The quantitative estimate of drug-likeness (QED) is 0.802. The zero-order valence-electron chi connectivity index (χ0n) is 9.46. The van der Waals surface area contributed by atoms with E-state index in [1.54, 1.807) is 18.2 Å². The Morgan fingerprint density at radius 2 is 2.25 bits per heavy atom. The SMILES string of the molecule is CC(C)NCCOc1cccc(Cl)c1C#N. The fourth-order valence-electron chi connectivity index (χ4n) is 1.24. The van der Waals surface area contributed by atoms with Crippen molar-refractivity contribution in [1.82, 2.24) is 5.32 Å². The first kappa shape index (κ1) is 12.8. The molecule has 16 heavy (non-hydrogen) atoms. The number of nitriles is 1. The van der Waals surface area contributed by atoms with Crippen molar-refractivity contribution in [3.8, 4) is 11.8 Å². The second-order valence-corrected chi connectivity index (χ2v) is 4.09. The second kappa shape index (κ2) is 6.37. The summed E-state index contributed by atoms with van der Waals surface area (Å²) >= 11 is 5.87. The van der Waals surface area contributed by atoms with Gasteiger partial charge in [0.05, 0.1) is 5.02 Å². The maximum Gasteiger partial charge on any atom is 0.138 e. The standard InChI is InChI=1S/C12H15ClN2O/c1-9(2)15-6-7-16-12-5-3-4-11(13)10(12)8-14/h3-5,9,15H,6-7H2,1-2H3. The molecule has 0 bridgehead atoms. The number of hydrogen-bond acceptors (Lipinski definition) is 3. The fourth-order valence-corrected chi connectivity index (χ4v) is 1.45. The number of nitrogens with one attached hydrogen (secondary N) is 1. The van der Waals surface area contributed by atoms with Gasteiger partial charge in [-0.3, -0.25) is 0 Å². The molecule has 0 unspecified atom stereocenters. The lowest BCUT2D eigenvalue weighted by molar-refractivity contribution is 0.308. The van der Waals surface area contributed by atoms with Gasteiger partial charge in [0.25, 0.3) is 0 Å². The van der Waals surface area contributed by atoms with Crippen LogP contribution in [-0.2, 0) is 0 Å². The molecule has 0 saturated heterocycles. The van der Waals surface area contributed by atoms with Gasteiger partial charge in [-0.25, -0.2) is 0 Å². The molecule has 1 rings (SSSR count). The minimum atomic E-state index is 0.397. The molecule has 0 heterocycles. The van der Waals surface area contributed by atoms with Crippen LogP contribution in [0.4, 0.5) is 0 Å². The lowest BCUT2D eigenvalue weighted by Gasteiger charge is -2.11. The number of benzene rings is 1. The van der Waals surface area contributed by atoms with Gasteiger partial charge in [0.2, 0.25) is 0 Å². The number of nitrogens with zero attached hydrogens (tertiary/aromatic N) is 1. The van der Waals surface area contributed by atoms with Crippen molar-refractivity contribution >= 4 is 11.6 Å². The molecule has 3 nitrogen and oxygen atoms in total. The highest BCUT2D eigenvalue weighted by molar-refractivity contribution is 6.31. The summed E-state index contributed by atoms with van der Waals surface area (Å²) in [7, 11) is 0. The maximum absolute atomic E-state index is 8.91. The Bertz CT molecular complexity index is 385. The predicted octanol–water partition coefficient (Wildman–Crippen LogP) is 2.59. The molecule has 0 aliphatic heterocycles. The van der Waals surface area contributed by atoms with Crippen molar-refractivity contribution in [3.63, 3.8) is 0 Å². The third-order valence-corrected chi connectivity index (χ3v) is 2.31. The van der Waals surface area contributed by atoms with E-state index in [0.717, 1.165) is 6.54 Å². The Kier molecular flexibility index (Phi) is 5.10. The van der Waals surface area contributed by atoms with Crippen LogP contribution in [0.3, 0.4) is 0 Å². The summed E-state index contributed by atoms with van der Waals surface area (Å²) < 4.78 is 5.49. The molecular formula is C12H15ClN2O. The number of ether oxygens (including phenoxy) is 1. The molecule has 0 aromatic heterocycles. The summed E-state index contributed by atoms with van der Waals surface area (Å²) in [6.45, 7) is 5.41. The van der Waals surface area contributed by atoms with Crippen LogP contribution in [0.5, 0.6) is 5.75 Å². The molecule has 0 saturated carbocycles. The third kappa shape index (κ3) is 3.73. The monoisotopic (exact) mass is 238 g/mol. The van der Waals surface area contributed by atoms with Crippen molar-refractivity contribution in [3.05, 3.63) is 28.8 Å². The van der Waals surface area contributed by atoms with Crippen LogP contribution in [0.25, 0.3) is 0 Å². The number of halogens is 1. The minimum absolute atomic E-state index is 0.397. The third-order valence-electron chi connectivity index (χ3n) is 2.00. The first-order chi connectivity index (χ1) is 7.65. The Labute approximate surface area is 101 Å². The lowest BCUT2D eigenvalue weighted by atomic mass is 10.2. The molecule has 0 spiro atoms. The average molecular weight is 239 g/mol. The van der Waals surface area contributed by atoms with E-state index in [0.29, 0.717) is 29.0 Å². The van der Waals surface area contributed by atoms with Gasteiger partial charge in [-0.2, -0.15) is 5.26 Å². The topological polar surface area (TPSA) is 45.0 Å². The van der Waals surface area contributed by atoms with Gasteiger partial charge in [-0.1, -0.05) is 31.5 Å². The zero-order valence-corrected chi connectivity index (χ0v) is 10.2. The Morgan fingerprint density at radius 3 is 2.88 bits per heavy atom. The van der Waals surface area contributed by atoms with Crippen molar-refractivity contribution in [1.29, 1.82) is 5.26 Å². The normalized spacial score (nSPS) is 10.2. The molecule has 0 aliphatic carbocycles. The second-order valence-electron chi connectivity index (χ2n) is 3.68. The van der Waals surface area contributed by atoms with Gasteiger partial charge in [0, 0.05) is 12.6 Å². The Hall–Kier alpha value is -1.24. The van der Waals surface area contributed by atoms with Crippen molar-refractivity contribution in [2.24, 2.45) is 0 Å². The summed E-state index contributed by atoms with van der Waals surface area (Å²) in [5.74, 6) is 0.542. The van der Waals surface area contributed by atoms with Gasteiger partial charge in [0.15, 0.2) is 0 Å². The van der Waals surface area contributed by atoms with Crippen molar-refractivity contribution in [2.45, 2.75) is 19.9 Å². The van der Waals surface area contributed by atoms with Crippen molar-refractivity contribution in [2.75, 3.05) is 13.2 Å². The zero-order chi connectivity index (χ0) is 12.0. The Balaban J connectivity index is 2.54. The molecule has 1 aromatic rings. The number of rotatable bonds is 5. The van der Waals surface area contributed by atoms with Crippen LogP contribution in [-0.4, -0.2) is 19.2 Å². The van der Waals surface area contributed by atoms with Crippen LogP contribution < -0.4 is 10.1 Å². The average Bonchev–Trinajstić information content (AvgIpc) is 2.24. The van der Waals surface area contributed by atoms with Gasteiger partial charge >= 0.3 is 0 Å². The van der Waals surface area contributed by atoms with Crippen molar-refractivity contribution < 1.29 is 4.74 Å². The van der Waals surface area contributed by atoms with Gasteiger partial charge in [-0.15, -0.1) is 0 Å².